The van der Waals surface area contributed by atoms with Crippen molar-refractivity contribution in [2.45, 2.75) is 11.8 Å². The summed E-state index contributed by atoms with van der Waals surface area (Å²) in [6.45, 7) is 1.39. The van der Waals surface area contributed by atoms with E-state index >= 15 is 0 Å². The number of hydrogen-bond acceptors (Lipinski definition) is 6. The van der Waals surface area contributed by atoms with E-state index in [1.807, 2.05) is 5.38 Å². The largest absolute Gasteiger partial charge is 1.00 e. The molecule has 9 heteroatoms. The van der Waals surface area contributed by atoms with E-state index in [4.69, 9.17) is 0 Å². The highest BCUT2D eigenvalue weighted by atomic mass is 35.5. The number of thiazole rings is 1. The van der Waals surface area contributed by atoms with Crippen LogP contribution in [0.4, 0.5) is 5.13 Å². The molecule has 0 unspecified atom stereocenters. The van der Waals surface area contributed by atoms with Crippen molar-refractivity contribution in [3.63, 3.8) is 0 Å². The van der Waals surface area contributed by atoms with Gasteiger partial charge in [-0.1, -0.05) is 12.1 Å². The Bertz CT molecular complexity index is 726. The number of carbonyl (C=O) groups is 1. The van der Waals surface area contributed by atoms with Crippen molar-refractivity contribution in [2.24, 2.45) is 0 Å². The zero-order valence-electron chi connectivity index (χ0n) is 11.3. The predicted octanol–water partition coefficient (Wildman–Crippen LogP) is -1.32. The molecule has 0 aliphatic carbocycles. The topological polar surface area (TPSA) is 88.2 Å². The summed E-state index contributed by atoms with van der Waals surface area (Å²) < 4.78 is 22.7. The van der Waals surface area contributed by atoms with E-state index in [9.17, 15) is 13.2 Å². The van der Waals surface area contributed by atoms with Gasteiger partial charge in [0.1, 0.15) is 0 Å². The zero-order valence-corrected chi connectivity index (χ0v) is 13.6. The second-order valence-corrected chi connectivity index (χ2v) is 7.01. The molecule has 2 N–H and O–H groups in total. The molecule has 0 radical (unpaired) electrons. The maximum Gasteiger partial charge on any atom is 0.235 e. The van der Waals surface area contributed by atoms with Crippen LogP contribution in [0.5, 0.6) is 0 Å². The van der Waals surface area contributed by atoms with Crippen molar-refractivity contribution in [1.29, 1.82) is 0 Å². The zero-order chi connectivity index (χ0) is 14.8. The van der Waals surface area contributed by atoms with E-state index in [1.165, 1.54) is 24.5 Å². The number of benzene rings is 1. The fourth-order valence-corrected chi connectivity index (χ4v) is 2.78. The van der Waals surface area contributed by atoms with Crippen LogP contribution in [-0.2, 0) is 14.6 Å². The van der Waals surface area contributed by atoms with Gasteiger partial charge >= 0.3 is 0 Å². The minimum absolute atomic E-state index is 0. The Morgan fingerprint density at radius 3 is 2.38 bits per heavy atom. The summed E-state index contributed by atoms with van der Waals surface area (Å²) in [5.74, 6) is -0.209. The van der Waals surface area contributed by atoms with Crippen LogP contribution in [0, 0.1) is 0 Å². The molecular weight excluding hydrogens is 334 g/mol. The average molecular weight is 347 g/mol. The number of carbonyl (C=O) groups excluding carboxylic acids is 1. The fourth-order valence-electron chi connectivity index (χ4n) is 1.48. The van der Waals surface area contributed by atoms with Crippen LogP contribution in [0.1, 0.15) is 6.92 Å². The molecule has 0 saturated carbocycles. The standard InChI is InChI=1S/C12H13N3O3S2.ClH/c1-8(16)14-15-12-13-11(7-19-12)9-3-5-10(6-4-9)20(2,17)18;/h3-7H,1-2H3,(H,13,15)(H,14,16);1H/p-1. The quantitative estimate of drug-likeness (QED) is 0.670. The van der Waals surface area contributed by atoms with E-state index in [0.29, 0.717) is 10.8 Å². The summed E-state index contributed by atoms with van der Waals surface area (Å²) in [6, 6.07) is 6.50. The molecule has 0 spiro atoms. The maximum atomic E-state index is 11.4. The molecule has 0 fully saturated rings. The molecular formula is C12H13ClN3O3S2-. The molecule has 0 bridgehead atoms. The van der Waals surface area contributed by atoms with Gasteiger partial charge in [-0.25, -0.2) is 13.4 Å². The Balaban J connectivity index is 0.00000220. The van der Waals surface area contributed by atoms with Crippen LogP contribution in [0.2, 0.25) is 0 Å². The van der Waals surface area contributed by atoms with E-state index < -0.39 is 9.84 Å². The lowest BCUT2D eigenvalue weighted by molar-refractivity contribution is -0.118. The third-order valence-electron chi connectivity index (χ3n) is 2.43. The third kappa shape index (κ3) is 4.69. The van der Waals surface area contributed by atoms with Crippen LogP contribution >= 0.6 is 11.3 Å². The number of hydrogen-bond donors (Lipinski definition) is 2. The van der Waals surface area contributed by atoms with Crippen molar-refractivity contribution < 1.29 is 25.6 Å². The Morgan fingerprint density at radius 2 is 1.86 bits per heavy atom. The number of rotatable bonds is 4. The second kappa shape index (κ2) is 6.88. The fraction of sp³-hybridized carbons (Fsp3) is 0.167. The molecule has 2 rings (SSSR count). The van der Waals surface area contributed by atoms with E-state index in [0.717, 1.165) is 5.56 Å². The summed E-state index contributed by atoms with van der Waals surface area (Å²) in [6.07, 6.45) is 1.17. The van der Waals surface area contributed by atoms with Gasteiger partial charge < -0.3 is 12.4 Å². The molecule has 6 nitrogen and oxygen atoms in total. The molecule has 2 aromatic rings. The first kappa shape index (κ1) is 17.4. The number of amides is 1. The molecule has 1 amide bonds. The number of nitrogens with one attached hydrogen (secondary N) is 2. The van der Waals surface area contributed by atoms with Crippen LogP contribution < -0.4 is 23.3 Å². The Kier molecular flexibility index (Phi) is 5.70. The normalized spacial score (nSPS) is 10.6. The SMILES string of the molecule is CC(=O)NNc1nc(-c2ccc(S(C)(=O)=O)cc2)cs1.[Cl-]. The number of sulfone groups is 1. The Morgan fingerprint density at radius 1 is 1.24 bits per heavy atom. The molecule has 114 valence electrons. The van der Waals surface area contributed by atoms with Gasteiger partial charge in [0, 0.05) is 24.1 Å². The highest BCUT2D eigenvalue weighted by Gasteiger charge is 2.09. The lowest BCUT2D eigenvalue weighted by Gasteiger charge is -2.01. The first-order valence-electron chi connectivity index (χ1n) is 5.65. The Labute approximate surface area is 132 Å². The number of halogens is 1. The van der Waals surface area contributed by atoms with Crippen LogP contribution in [-0.4, -0.2) is 25.6 Å². The van der Waals surface area contributed by atoms with E-state index in [-0.39, 0.29) is 23.2 Å². The number of nitrogens with zero attached hydrogens (tertiary/aromatic N) is 1. The molecule has 0 atom stereocenters. The second-order valence-electron chi connectivity index (χ2n) is 4.14. The average Bonchev–Trinajstić information content (AvgIpc) is 2.84. The summed E-state index contributed by atoms with van der Waals surface area (Å²) in [5, 5.41) is 2.38. The van der Waals surface area contributed by atoms with Crippen molar-refractivity contribution in [2.75, 3.05) is 11.7 Å². The van der Waals surface area contributed by atoms with Gasteiger partial charge in [-0.05, 0) is 12.1 Å². The van der Waals surface area contributed by atoms with Crippen molar-refractivity contribution >= 4 is 32.2 Å². The molecule has 0 aliphatic heterocycles. The van der Waals surface area contributed by atoms with E-state index in [2.05, 4.69) is 15.8 Å². The summed E-state index contributed by atoms with van der Waals surface area (Å²) >= 11 is 1.34. The van der Waals surface area contributed by atoms with Crippen molar-refractivity contribution in [3.05, 3.63) is 29.6 Å². The van der Waals surface area contributed by atoms with Crippen LogP contribution in [0.15, 0.2) is 34.5 Å². The maximum absolute atomic E-state index is 11.4. The van der Waals surface area contributed by atoms with Gasteiger partial charge in [-0.3, -0.25) is 15.6 Å². The smallest absolute Gasteiger partial charge is 0.235 e. The van der Waals surface area contributed by atoms with Gasteiger partial charge in [0.05, 0.1) is 10.6 Å². The van der Waals surface area contributed by atoms with Gasteiger partial charge in [0.15, 0.2) is 9.84 Å². The minimum Gasteiger partial charge on any atom is -1.00 e. The Hall–Kier alpha value is -1.64. The summed E-state index contributed by atoms with van der Waals surface area (Å²) in [4.78, 5) is 15.3. The summed E-state index contributed by atoms with van der Waals surface area (Å²) in [7, 11) is -3.19. The van der Waals surface area contributed by atoms with E-state index in [1.54, 1.807) is 24.3 Å². The lowest BCUT2D eigenvalue weighted by Crippen LogP contribution is -3.00. The van der Waals surface area contributed by atoms with Gasteiger partial charge in [0.25, 0.3) is 0 Å². The molecule has 1 aromatic heterocycles. The van der Waals surface area contributed by atoms with Gasteiger partial charge in [0.2, 0.25) is 11.0 Å². The predicted molar refractivity (Wildman–Crippen MR) is 78.1 cm³/mol. The molecule has 1 aromatic carbocycles. The first-order valence-corrected chi connectivity index (χ1v) is 8.42. The van der Waals surface area contributed by atoms with Gasteiger partial charge in [-0.2, -0.15) is 0 Å². The van der Waals surface area contributed by atoms with Crippen molar-refractivity contribution in [1.82, 2.24) is 10.4 Å². The molecule has 0 saturated heterocycles. The number of anilines is 1. The van der Waals surface area contributed by atoms with Crippen LogP contribution in [0.3, 0.4) is 0 Å². The summed E-state index contributed by atoms with van der Waals surface area (Å²) in [5.41, 5.74) is 6.64. The molecule has 0 aliphatic rings. The van der Waals surface area contributed by atoms with Crippen LogP contribution in [0.25, 0.3) is 11.3 Å². The molecule has 1 heterocycles. The van der Waals surface area contributed by atoms with Crippen molar-refractivity contribution in [3.8, 4) is 11.3 Å². The molecule has 21 heavy (non-hydrogen) atoms. The lowest BCUT2D eigenvalue weighted by atomic mass is 10.2. The van der Waals surface area contributed by atoms with Gasteiger partial charge in [-0.15, -0.1) is 11.3 Å². The number of hydrazine groups is 1. The highest BCUT2D eigenvalue weighted by Crippen LogP contribution is 2.25. The minimum atomic E-state index is -3.19. The third-order valence-corrected chi connectivity index (χ3v) is 4.31. The monoisotopic (exact) mass is 346 g/mol. The highest BCUT2D eigenvalue weighted by molar-refractivity contribution is 7.90. The first-order chi connectivity index (χ1) is 9.36. The number of aromatic nitrogens is 1.